The van der Waals surface area contributed by atoms with Crippen LogP contribution in [0.1, 0.15) is 10.9 Å². The monoisotopic (exact) mass is 370 g/mol. The maximum atomic E-state index is 13.0. The number of para-hydroxylation sites is 1. The Morgan fingerprint density at radius 2 is 1.52 bits per heavy atom. The number of carbonyl (C=O) groups is 1. The summed E-state index contributed by atoms with van der Waals surface area (Å²) in [6.07, 6.45) is 0. The first-order valence-corrected chi connectivity index (χ1v) is 10.0. The highest BCUT2D eigenvalue weighted by Crippen LogP contribution is 2.47. The first kappa shape index (κ1) is 16.2. The van der Waals surface area contributed by atoms with Crippen molar-refractivity contribution >= 4 is 34.3 Å². The molecule has 0 spiro atoms. The van der Waals surface area contributed by atoms with Crippen LogP contribution in [0.5, 0.6) is 0 Å². The van der Waals surface area contributed by atoms with Crippen LogP contribution in [0.15, 0.2) is 84.9 Å². The predicted molar refractivity (Wildman–Crippen MR) is 113 cm³/mol. The van der Waals surface area contributed by atoms with Crippen LogP contribution in [0, 0.1) is 0 Å². The summed E-state index contributed by atoms with van der Waals surface area (Å²) >= 11 is 1.68. The van der Waals surface area contributed by atoms with Crippen LogP contribution in [-0.4, -0.2) is 16.6 Å². The van der Waals surface area contributed by atoms with Crippen LogP contribution in [0.2, 0.25) is 0 Å². The summed E-state index contributed by atoms with van der Waals surface area (Å²) in [4.78, 5) is 18.5. The van der Waals surface area contributed by atoms with E-state index in [9.17, 15) is 4.79 Å². The van der Waals surface area contributed by atoms with E-state index in [4.69, 9.17) is 0 Å². The summed E-state index contributed by atoms with van der Waals surface area (Å²) in [6, 6.07) is 28.7. The maximum Gasteiger partial charge on any atom is 0.238 e. The van der Waals surface area contributed by atoms with Gasteiger partial charge in [-0.3, -0.25) is 9.69 Å². The molecule has 1 N–H and O–H groups in total. The van der Waals surface area contributed by atoms with Gasteiger partial charge in [-0.1, -0.05) is 78.9 Å². The lowest BCUT2D eigenvalue weighted by atomic mass is 10.1. The van der Waals surface area contributed by atoms with Crippen molar-refractivity contribution in [1.29, 1.82) is 0 Å². The Balaban J connectivity index is 1.75. The number of thioether (sulfide) groups is 1. The van der Waals surface area contributed by atoms with Crippen molar-refractivity contribution in [3.8, 4) is 11.3 Å². The first-order valence-electron chi connectivity index (χ1n) is 8.97. The fourth-order valence-corrected chi connectivity index (χ4v) is 4.88. The van der Waals surface area contributed by atoms with Crippen molar-refractivity contribution in [3.05, 3.63) is 90.5 Å². The van der Waals surface area contributed by atoms with Crippen molar-refractivity contribution in [2.75, 3.05) is 10.7 Å². The molecule has 0 aliphatic carbocycles. The number of fused-ring (bicyclic) bond motifs is 1. The first-order chi connectivity index (χ1) is 13.3. The highest BCUT2D eigenvalue weighted by atomic mass is 32.2. The molecule has 1 unspecified atom stereocenters. The SMILES string of the molecule is O=C1CSC(c2ccccc2)N1c1c(-c2ccccc2)[nH]c2ccccc12. The van der Waals surface area contributed by atoms with Crippen molar-refractivity contribution in [2.24, 2.45) is 0 Å². The van der Waals surface area contributed by atoms with Gasteiger partial charge in [0.1, 0.15) is 5.37 Å². The largest absolute Gasteiger partial charge is 0.353 e. The Morgan fingerprint density at radius 3 is 2.30 bits per heavy atom. The molecular weight excluding hydrogens is 352 g/mol. The lowest BCUT2D eigenvalue weighted by Crippen LogP contribution is -2.28. The molecule has 3 aromatic carbocycles. The van der Waals surface area contributed by atoms with Crippen molar-refractivity contribution in [3.63, 3.8) is 0 Å². The van der Waals surface area contributed by atoms with Crippen molar-refractivity contribution < 1.29 is 4.79 Å². The van der Waals surface area contributed by atoms with Gasteiger partial charge < -0.3 is 4.98 Å². The minimum atomic E-state index is -0.0135. The normalized spacial score (nSPS) is 17.0. The van der Waals surface area contributed by atoms with Gasteiger partial charge in [-0.05, 0) is 11.6 Å². The van der Waals surface area contributed by atoms with Gasteiger partial charge >= 0.3 is 0 Å². The Morgan fingerprint density at radius 1 is 0.852 bits per heavy atom. The molecule has 1 atom stereocenters. The summed E-state index contributed by atoms with van der Waals surface area (Å²) in [6.45, 7) is 0. The Bertz CT molecular complexity index is 1110. The molecule has 0 radical (unpaired) electrons. The summed E-state index contributed by atoms with van der Waals surface area (Å²) in [7, 11) is 0. The fraction of sp³-hybridized carbons (Fsp3) is 0.0870. The quantitative estimate of drug-likeness (QED) is 0.508. The molecule has 1 saturated heterocycles. The second kappa shape index (κ2) is 6.63. The zero-order valence-corrected chi connectivity index (χ0v) is 15.4. The molecule has 132 valence electrons. The van der Waals surface area contributed by atoms with E-state index in [1.165, 1.54) is 0 Å². The van der Waals surface area contributed by atoms with E-state index in [-0.39, 0.29) is 11.3 Å². The van der Waals surface area contributed by atoms with E-state index in [1.807, 2.05) is 53.4 Å². The number of H-pyrrole nitrogens is 1. The van der Waals surface area contributed by atoms with Crippen LogP contribution in [0.25, 0.3) is 22.2 Å². The number of aromatic amines is 1. The van der Waals surface area contributed by atoms with Crippen LogP contribution in [-0.2, 0) is 4.79 Å². The maximum absolute atomic E-state index is 13.0. The van der Waals surface area contributed by atoms with E-state index in [0.717, 1.165) is 33.4 Å². The van der Waals surface area contributed by atoms with Crippen molar-refractivity contribution in [2.45, 2.75) is 5.37 Å². The summed E-state index contributed by atoms with van der Waals surface area (Å²) in [5, 5.41) is 1.06. The number of carbonyl (C=O) groups excluding carboxylic acids is 1. The molecular formula is C23H18N2OS. The molecule has 1 aliphatic rings. The number of hydrogen-bond donors (Lipinski definition) is 1. The zero-order chi connectivity index (χ0) is 18.2. The molecule has 0 saturated carbocycles. The molecule has 4 heteroatoms. The number of amides is 1. The van der Waals surface area contributed by atoms with E-state index in [1.54, 1.807) is 11.8 Å². The van der Waals surface area contributed by atoms with Gasteiger partial charge in [-0.15, -0.1) is 11.8 Å². The van der Waals surface area contributed by atoms with Gasteiger partial charge in [-0.2, -0.15) is 0 Å². The molecule has 1 aliphatic heterocycles. The smallest absolute Gasteiger partial charge is 0.238 e. The molecule has 3 nitrogen and oxygen atoms in total. The third kappa shape index (κ3) is 2.73. The third-order valence-corrected chi connectivity index (χ3v) is 6.15. The van der Waals surface area contributed by atoms with Gasteiger partial charge in [0.25, 0.3) is 0 Å². The van der Waals surface area contributed by atoms with Gasteiger partial charge in [0.05, 0.1) is 17.1 Å². The Kier molecular flexibility index (Phi) is 3.98. The summed E-state index contributed by atoms with van der Waals surface area (Å²) in [5.74, 6) is 0.642. The number of benzene rings is 3. The number of nitrogens with one attached hydrogen (secondary N) is 1. The lowest BCUT2D eigenvalue weighted by molar-refractivity contribution is -0.115. The molecule has 1 fully saturated rings. The minimum absolute atomic E-state index is 0.0135. The zero-order valence-electron chi connectivity index (χ0n) is 14.6. The van der Waals surface area contributed by atoms with Crippen LogP contribution < -0.4 is 4.90 Å². The average Bonchev–Trinajstić information content (AvgIpc) is 3.29. The number of rotatable bonds is 3. The summed E-state index contributed by atoms with van der Waals surface area (Å²) < 4.78 is 0. The molecule has 4 aromatic rings. The molecule has 2 heterocycles. The van der Waals surface area contributed by atoms with Gasteiger partial charge in [-0.25, -0.2) is 0 Å². The van der Waals surface area contributed by atoms with Gasteiger partial charge in [0.2, 0.25) is 5.91 Å². The minimum Gasteiger partial charge on any atom is -0.353 e. The molecule has 27 heavy (non-hydrogen) atoms. The predicted octanol–water partition coefficient (Wildman–Crippen LogP) is 5.61. The van der Waals surface area contributed by atoms with E-state index < -0.39 is 0 Å². The topological polar surface area (TPSA) is 36.1 Å². The summed E-state index contributed by atoms with van der Waals surface area (Å²) in [5.41, 5.74) is 5.25. The molecule has 1 aromatic heterocycles. The second-order valence-corrected chi connectivity index (χ2v) is 7.67. The van der Waals surface area contributed by atoms with Gasteiger partial charge in [0, 0.05) is 16.5 Å². The third-order valence-electron chi connectivity index (χ3n) is 4.93. The molecule has 5 rings (SSSR count). The Labute approximate surface area is 162 Å². The highest BCUT2D eigenvalue weighted by Gasteiger charge is 2.37. The van der Waals surface area contributed by atoms with Crippen LogP contribution in [0.3, 0.4) is 0 Å². The van der Waals surface area contributed by atoms with Crippen LogP contribution in [0.4, 0.5) is 5.69 Å². The average molecular weight is 370 g/mol. The number of aromatic nitrogens is 1. The number of hydrogen-bond acceptors (Lipinski definition) is 2. The lowest BCUT2D eigenvalue weighted by Gasteiger charge is -2.25. The Hall–Kier alpha value is -2.98. The molecule has 1 amide bonds. The van der Waals surface area contributed by atoms with Gasteiger partial charge in [0.15, 0.2) is 0 Å². The highest BCUT2D eigenvalue weighted by molar-refractivity contribution is 8.00. The molecule has 0 bridgehead atoms. The fourth-order valence-electron chi connectivity index (χ4n) is 3.72. The second-order valence-electron chi connectivity index (χ2n) is 6.60. The van der Waals surface area contributed by atoms with E-state index >= 15 is 0 Å². The number of nitrogens with zero attached hydrogens (tertiary/aromatic N) is 1. The van der Waals surface area contributed by atoms with E-state index in [2.05, 4.69) is 41.4 Å². The van der Waals surface area contributed by atoms with Crippen LogP contribution >= 0.6 is 11.8 Å². The number of anilines is 1. The van der Waals surface area contributed by atoms with Crippen molar-refractivity contribution in [1.82, 2.24) is 4.98 Å². The van der Waals surface area contributed by atoms with E-state index in [0.29, 0.717) is 5.75 Å². The standard InChI is InChI=1S/C23H18N2OS/c26-20-15-27-23(17-11-5-2-6-12-17)25(20)22-18-13-7-8-14-19(18)24-21(22)16-9-3-1-4-10-16/h1-14,23-24H,15H2.